The molecule has 0 saturated heterocycles. The molecule has 0 aliphatic carbocycles. The molecule has 5 aromatic rings. The highest BCUT2D eigenvalue weighted by Gasteiger charge is 2.29. The van der Waals surface area contributed by atoms with Gasteiger partial charge in [0.2, 0.25) is 11.8 Å². The fourth-order valence-corrected chi connectivity index (χ4v) is 4.37. The Morgan fingerprint density at radius 1 is 1.03 bits per heavy atom. The second-order valence-electron chi connectivity index (χ2n) is 9.78. The van der Waals surface area contributed by atoms with Crippen molar-refractivity contribution in [1.29, 1.82) is 0 Å². The van der Waals surface area contributed by atoms with Gasteiger partial charge in [-0.15, -0.1) is 10.2 Å². The van der Waals surface area contributed by atoms with Crippen LogP contribution >= 0.6 is 0 Å². The largest absolute Gasteiger partial charge is 0.446 e. The normalized spacial score (nSPS) is 12.7. The first-order valence-electron chi connectivity index (χ1n) is 12.5. The van der Waals surface area contributed by atoms with Gasteiger partial charge in [0.15, 0.2) is 5.89 Å². The van der Waals surface area contributed by atoms with Gasteiger partial charge in [0.1, 0.15) is 11.5 Å². The molecule has 10 heteroatoms. The fourth-order valence-electron chi connectivity index (χ4n) is 4.37. The minimum absolute atomic E-state index is 0.213. The third-order valence-electron chi connectivity index (χ3n) is 6.35. The van der Waals surface area contributed by atoms with Crippen molar-refractivity contribution in [3.63, 3.8) is 0 Å². The first kappa shape index (κ1) is 25.9. The summed E-state index contributed by atoms with van der Waals surface area (Å²) in [5.41, 5.74) is 9.75. The lowest BCUT2D eigenvalue weighted by molar-refractivity contribution is 0.0783. The molecule has 1 amide bonds. The number of nitrogens with zero attached hydrogens (tertiary/aromatic N) is 6. The van der Waals surface area contributed by atoms with E-state index in [2.05, 4.69) is 25.1 Å². The Hall–Kier alpha value is -4.70. The first-order valence-corrected chi connectivity index (χ1v) is 12.5. The Morgan fingerprint density at radius 3 is 2.49 bits per heavy atom. The van der Waals surface area contributed by atoms with Crippen LogP contribution in [-0.4, -0.2) is 43.0 Å². The topological polar surface area (TPSA) is 137 Å². The predicted molar refractivity (Wildman–Crippen MR) is 144 cm³/mol. The molecule has 5 rings (SSSR count). The van der Waals surface area contributed by atoms with E-state index in [4.69, 9.17) is 14.6 Å². The zero-order valence-electron chi connectivity index (χ0n) is 22.3. The van der Waals surface area contributed by atoms with E-state index in [-0.39, 0.29) is 11.8 Å². The summed E-state index contributed by atoms with van der Waals surface area (Å²) in [5.74, 6) is 1.57. The van der Waals surface area contributed by atoms with Crippen molar-refractivity contribution in [2.75, 3.05) is 7.05 Å². The highest BCUT2D eigenvalue weighted by molar-refractivity contribution is 5.96. The third-order valence-corrected chi connectivity index (χ3v) is 6.35. The van der Waals surface area contributed by atoms with Gasteiger partial charge in [0.25, 0.3) is 5.91 Å². The van der Waals surface area contributed by atoms with Crippen LogP contribution in [0.25, 0.3) is 22.7 Å². The lowest BCUT2D eigenvalue weighted by Gasteiger charge is -2.20. The highest BCUT2D eigenvalue weighted by Crippen LogP contribution is 2.30. The number of aromatic nitrogens is 5. The summed E-state index contributed by atoms with van der Waals surface area (Å²) in [4.78, 5) is 28.1. The van der Waals surface area contributed by atoms with Gasteiger partial charge in [-0.2, -0.15) is 0 Å². The van der Waals surface area contributed by atoms with Gasteiger partial charge in [0.05, 0.1) is 24.0 Å². The van der Waals surface area contributed by atoms with Gasteiger partial charge < -0.3 is 19.5 Å². The molecule has 0 spiro atoms. The molecule has 0 fully saturated rings. The summed E-state index contributed by atoms with van der Waals surface area (Å²) in [5, 5.41) is 8.53. The molecule has 3 aromatic heterocycles. The van der Waals surface area contributed by atoms with Crippen LogP contribution in [0, 0.1) is 13.8 Å². The van der Waals surface area contributed by atoms with Crippen LogP contribution in [0.5, 0.6) is 0 Å². The third kappa shape index (κ3) is 5.75. The number of hydrogen-bond donors (Lipinski definition) is 1. The molecule has 0 bridgehead atoms. The summed E-state index contributed by atoms with van der Waals surface area (Å²) in [6, 6.07) is 15.2. The smallest absolute Gasteiger partial charge is 0.253 e. The summed E-state index contributed by atoms with van der Waals surface area (Å²) in [6.45, 7) is 5.75. The summed E-state index contributed by atoms with van der Waals surface area (Å²) in [6.07, 6.45) is 5.34. The van der Waals surface area contributed by atoms with E-state index in [1.807, 2.05) is 50.2 Å². The molecule has 39 heavy (non-hydrogen) atoms. The van der Waals surface area contributed by atoms with Crippen molar-refractivity contribution in [2.45, 2.75) is 39.3 Å². The van der Waals surface area contributed by atoms with E-state index in [0.717, 1.165) is 5.56 Å². The molecule has 198 valence electrons. The first-order chi connectivity index (χ1) is 18.7. The molecule has 0 saturated carbocycles. The molecule has 0 aliphatic heterocycles. The van der Waals surface area contributed by atoms with Crippen molar-refractivity contribution < 1.29 is 13.6 Å². The number of oxazole rings is 1. The van der Waals surface area contributed by atoms with Crippen LogP contribution in [-0.2, 0) is 18.5 Å². The minimum atomic E-state index is -0.887. The molecule has 1 atom stereocenters. The minimum Gasteiger partial charge on any atom is -0.446 e. The van der Waals surface area contributed by atoms with E-state index in [9.17, 15) is 4.79 Å². The zero-order chi connectivity index (χ0) is 27.6. The maximum absolute atomic E-state index is 13.5. The van der Waals surface area contributed by atoms with Gasteiger partial charge in [0, 0.05) is 43.1 Å². The van der Waals surface area contributed by atoms with Crippen LogP contribution < -0.4 is 5.73 Å². The number of rotatable bonds is 8. The maximum atomic E-state index is 13.5. The second kappa shape index (κ2) is 10.6. The number of carbonyl (C=O) groups excluding carboxylic acids is 1. The van der Waals surface area contributed by atoms with Gasteiger partial charge in [-0.1, -0.05) is 30.3 Å². The Labute approximate surface area is 225 Å². The van der Waals surface area contributed by atoms with Crippen LogP contribution in [0.1, 0.15) is 46.1 Å². The maximum Gasteiger partial charge on any atom is 0.253 e. The van der Waals surface area contributed by atoms with Crippen molar-refractivity contribution >= 4 is 5.91 Å². The van der Waals surface area contributed by atoms with Crippen molar-refractivity contribution in [2.24, 2.45) is 5.73 Å². The molecular weight excluding hydrogens is 494 g/mol. The molecule has 10 nitrogen and oxygen atoms in total. The number of hydrogen-bond acceptors (Lipinski definition) is 9. The van der Waals surface area contributed by atoms with Gasteiger partial charge in [-0.05, 0) is 44.0 Å². The Kier molecular flexibility index (Phi) is 7.03. The quantitative estimate of drug-likeness (QED) is 0.312. The molecular formula is C29H29N7O3. The summed E-state index contributed by atoms with van der Waals surface area (Å²) >= 11 is 0. The van der Waals surface area contributed by atoms with Crippen molar-refractivity contribution in [3.05, 3.63) is 101 Å². The molecule has 3 heterocycles. The Balaban J connectivity index is 1.49. The van der Waals surface area contributed by atoms with E-state index in [1.165, 1.54) is 0 Å². The van der Waals surface area contributed by atoms with Crippen molar-refractivity contribution in [3.8, 4) is 22.7 Å². The van der Waals surface area contributed by atoms with Crippen LogP contribution in [0.3, 0.4) is 0 Å². The van der Waals surface area contributed by atoms with Crippen molar-refractivity contribution in [1.82, 2.24) is 30.0 Å². The SMILES string of the molecule is Cc1nc(CN(C)C(=O)c2cc(-c3cnccn3)cc(-c3nnc(C(C)(N)Cc4ccccc4)o3)c2)c(C)o1. The zero-order valence-corrected chi connectivity index (χ0v) is 22.3. The molecule has 1 unspecified atom stereocenters. The average Bonchev–Trinajstić information content (AvgIpc) is 3.56. The molecule has 2 aromatic carbocycles. The van der Waals surface area contributed by atoms with Crippen LogP contribution in [0.4, 0.5) is 0 Å². The Bertz CT molecular complexity index is 1590. The molecule has 2 N–H and O–H groups in total. The summed E-state index contributed by atoms with van der Waals surface area (Å²) < 4.78 is 11.6. The van der Waals surface area contributed by atoms with Gasteiger partial charge in [-0.3, -0.25) is 14.8 Å². The van der Waals surface area contributed by atoms with E-state index in [1.54, 1.807) is 49.6 Å². The number of carbonyl (C=O) groups is 1. The highest BCUT2D eigenvalue weighted by atomic mass is 16.4. The van der Waals surface area contributed by atoms with Gasteiger partial charge >= 0.3 is 0 Å². The number of amides is 1. The number of nitrogens with two attached hydrogens (primary N) is 1. The van der Waals surface area contributed by atoms with Gasteiger partial charge in [-0.25, -0.2) is 4.98 Å². The predicted octanol–water partition coefficient (Wildman–Crippen LogP) is 4.49. The van der Waals surface area contributed by atoms with Crippen LogP contribution in [0.15, 0.2) is 76.0 Å². The van der Waals surface area contributed by atoms with E-state index < -0.39 is 5.54 Å². The average molecular weight is 524 g/mol. The summed E-state index contributed by atoms with van der Waals surface area (Å²) in [7, 11) is 1.72. The Morgan fingerprint density at radius 2 is 1.79 bits per heavy atom. The van der Waals surface area contributed by atoms with E-state index in [0.29, 0.717) is 58.6 Å². The van der Waals surface area contributed by atoms with E-state index >= 15 is 0 Å². The molecule has 0 radical (unpaired) electrons. The lowest BCUT2D eigenvalue weighted by Crippen LogP contribution is -2.35. The number of benzene rings is 2. The standard InChI is InChI=1S/C29H29N7O3/c1-18-25(33-19(2)38-18)17-36(4)27(37)23-13-21(24-16-31-10-11-32-24)12-22(14-23)26-34-35-28(39-26)29(3,30)15-20-8-6-5-7-9-20/h5-14,16H,15,17,30H2,1-4H3. The lowest BCUT2D eigenvalue weighted by atomic mass is 9.94. The monoisotopic (exact) mass is 523 g/mol. The fraction of sp³-hybridized carbons (Fsp3) is 0.241. The van der Waals surface area contributed by atoms with Crippen LogP contribution in [0.2, 0.25) is 0 Å². The molecule has 0 aliphatic rings. The number of aryl methyl sites for hydroxylation is 2. The second-order valence-corrected chi connectivity index (χ2v) is 9.78.